The van der Waals surface area contributed by atoms with E-state index < -0.39 is 27.0 Å². The zero-order chi connectivity index (χ0) is 10.0. The maximum atomic E-state index is 10.2. The van der Waals surface area contributed by atoms with Gasteiger partial charge < -0.3 is 5.11 Å². The van der Waals surface area contributed by atoms with Crippen molar-refractivity contribution in [3.8, 4) is 5.75 Å². The van der Waals surface area contributed by atoms with Crippen LogP contribution in [0.4, 0.5) is 11.4 Å². The van der Waals surface area contributed by atoms with Crippen molar-refractivity contribution in [3.05, 3.63) is 38.4 Å². The molecule has 8 heteroatoms. The van der Waals surface area contributed by atoms with E-state index in [1.54, 1.807) is 0 Å². The van der Waals surface area contributed by atoms with Gasteiger partial charge in [0.2, 0.25) is 0 Å². The molecule has 0 aromatic heterocycles. The average Bonchev–Trinajstić information content (AvgIpc) is 2.04. The summed E-state index contributed by atoms with van der Waals surface area (Å²) in [5.41, 5.74) is -1.10. The topological polar surface area (TPSA) is 107 Å². The first-order chi connectivity index (χ1) is 6.02. The van der Waals surface area contributed by atoms with Crippen molar-refractivity contribution in [2.45, 2.75) is 0 Å². The second-order valence-electron chi connectivity index (χ2n) is 2.19. The molecule has 0 spiro atoms. The van der Waals surface area contributed by atoms with Crippen LogP contribution in [0, 0.1) is 20.2 Å². The first-order valence-electron chi connectivity index (χ1n) is 3.14. The Morgan fingerprint density at radius 2 is 1.71 bits per heavy atom. The molecular weight excluding hydrogens is 245 g/mol. The Morgan fingerprint density at radius 3 is 2.14 bits per heavy atom. The summed E-state index contributed by atoms with van der Waals surface area (Å²) in [5, 5.41) is 29.3. The van der Waals surface area contributed by atoms with Crippen LogP contribution in [0.25, 0.3) is 0 Å². The summed E-state index contributed by atoms with van der Waals surface area (Å²) in [7, 11) is 0. The van der Waals surface area contributed by atoms with Gasteiger partial charge in [0, 0.05) is 25.5 Å². The fourth-order valence-corrected chi connectivity index (χ4v) is 0.772. The van der Waals surface area contributed by atoms with Crippen LogP contribution >= 0.6 is 0 Å². The SMILES string of the molecule is O=[N+]([O-])c1ccc(O)c([N+](=O)[O-])c1.[Zn]. The molecule has 14 heavy (non-hydrogen) atoms. The number of hydrogen-bond donors (Lipinski definition) is 1. The van der Waals surface area contributed by atoms with Crippen LogP contribution in [0.5, 0.6) is 5.75 Å². The summed E-state index contributed by atoms with van der Waals surface area (Å²) >= 11 is 0. The van der Waals surface area contributed by atoms with Gasteiger partial charge in [0.1, 0.15) is 0 Å². The molecule has 0 bridgehead atoms. The number of phenolic OH excluding ortho intramolecular Hbond substituents is 1. The molecule has 0 aliphatic rings. The number of nitro groups is 2. The number of hydrogen-bond acceptors (Lipinski definition) is 5. The van der Waals surface area contributed by atoms with Gasteiger partial charge in [-0.3, -0.25) is 20.2 Å². The van der Waals surface area contributed by atoms with Crippen LogP contribution in [-0.4, -0.2) is 15.0 Å². The van der Waals surface area contributed by atoms with E-state index in [-0.39, 0.29) is 19.5 Å². The molecule has 0 amide bonds. The number of nitro benzene ring substituents is 2. The second-order valence-corrected chi connectivity index (χ2v) is 2.19. The zero-order valence-corrected chi connectivity index (χ0v) is 9.88. The maximum absolute atomic E-state index is 10.2. The molecule has 0 atom stereocenters. The van der Waals surface area contributed by atoms with E-state index in [1.807, 2.05) is 0 Å². The third kappa shape index (κ3) is 2.46. The van der Waals surface area contributed by atoms with Gasteiger partial charge in [-0.25, -0.2) is 0 Å². The predicted octanol–water partition coefficient (Wildman–Crippen LogP) is 1.21. The molecule has 0 radical (unpaired) electrons. The number of aromatic hydroxyl groups is 1. The number of non-ortho nitro benzene ring substituents is 1. The van der Waals surface area contributed by atoms with Crippen LogP contribution in [0.15, 0.2) is 18.2 Å². The van der Waals surface area contributed by atoms with Crippen LogP contribution < -0.4 is 0 Å². The van der Waals surface area contributed by atoms with Crippen molar-refractivity contribution in [1.29, 1.82) is 0 Å². The molecule has 1 aromatic carbocycles. The van der Waals surface area contributed by atoms with Gasteiger partial charge >= 0.3 is 5.69 Å². The molecule has 0 heterocycles. The number of rotatable bonds is 2. The maximum Gasteiger partial charge on any atom is 0.317 e. The number of nitrogens with zero attached hydrogens (tertiary/aromatic N) is 2. The molecule has 0 saturated heterocycles. The van der Waals surface area contributed by atoms with E-state index in [2.05, 4.69) is 0 Å². The second kappa shape index (κ2) is 4.62. The van der Waals surface area contributed by atoms with Gasteiger partial charge in [0.05, 0.1) is 15.9 Å². The molecule has 0 aliphatic carbocycles. The van der Waals surface area contributed by atoms with Crippen molar-refractivity contribution in [2.75, 3.05) is 0 Å². The van der Waals surface area contributed by atoms with Gasteiger partial charge in [0.25, 0.3) is 5.69 Å². The summed E-state index contributed by atoms with van der Waals surface area (Å²) in [6.07, 6.45) is 0. The number of benzene rings is 1. The molecule has 70 valence electrons. The quantitative estimate of drug-likeness (QED) is 0.481. The number of phenols is 1. The molecule has 1 rings (SSSR count). The molecule has 1 N–H and O–H groups in total. The minimum Gasteiger partial charge on any atom is -0.502 e. The van der Waals surface area contributed by atoms with Crippen molar-refractivity contribution in [3.63, 3.8) is 0 Å². The predicted molar refractivity (Wildman–Crippen MR) is 41.4 cm³/mol. The van der Waals surface area contributed by atoms with E-state index in [9.17, 15) is 20.2 Å². The fourth-order valence-electron chi connectivity index (χ4n) is 0.772. The van der Waals surface area contributed by atoms with Gasteiger partial charge in [0.15, 0.2) is 5.75 Å². The van der Waals surface area contributed by atoms with Gasteiger partial charge in [-0.15, -0.1) is 0 Å². The van der Waals surface area contributed by atoms with Crippen molar-refractivity contribution >= 4 is 11.4 Å². The molecule has 7 nitrogen and oxygen atoms in total. The largest absolute Gasteiger partial charge is 0.502 e. The normalized spacial score (nSPS) is 8.86. The van der Waals surface area contributed by atoms with E-state index in [0.717, 1.165) is 12.1 Å². The van der Waals surface area contributed by atoms with E-state index >= 15 is 0 Å². The standard InChI is InChI=1S/C6H4N2O5.Zn/c9-6-2-1-4(7(10)11)3-5(6)8(12)13;/h1-3,9H;. The molecule has 0 saturated carbocycles. The minimum absolute atomic E-state index is 0. The Balaban J connectivity index is 0.00000169. The Labute approximate surface area is 90.4 Å². The summed E-state index contributed by atoms with van der Waals surface area (Å²) < 4.78 is 0. The summed E-state index contributed by atoms with van der Waals surface area (Å²) in [4.78, 5) is 18.7. The molecule has 0 fully saturated rings. The monoisotopic (exact) mass is 248 g/mol. The Morgan fingerprint density at radius 1 is 1.14 bits per heavy atom. The zero-order valence-electron chi connectivity index (χ0n) is 6.91. The van der Waals surface area contributed by atoms with Crippen LogP contribution in [0.1, 0.15) is 0 Å². The molecule has 1 aromatic rings. The van der Waals surface area contributed by atoms with E-state index in [1.165, 1.54) is 0 Å². The summed E-state index contributed by atoms with van der Waals surface area (Å²) in [6, 6.07) is 2.61. The Kier molecular flexibility index (Phi) is 4.10. The van der Waals surface area contributed by atoms with Crippen molar-refractivity contribution < 1.29 is 34.4 Å². The third-order valence-electron chi connectivity index (χ3n) is 1.37. The van der Waals surface area contributed by atoms with Crippen LogP contribution in [-0.2, 0) is 19.5 Å². The van der Waals surface area contributed by atoms with Gasteiger partial charge in [-0.2, -0.15) is 0 Å². The van der Waals surface area contributed by atoms with E-state index in [4.69, 9.17) is 5.11 Å². The van der Waals surface area contributed by atoms with Crippen LogP contribution in [0.3, 0.4) is 0 Å². The van der Waals surface area contributed by atoms with Crippen LogP contribution in [0.2, 0.25) is 0 Å². The minimum atomic E-state index is -0.887. The van der Waals surface area contributed by atoms with E-state index in [0.29, 0.717) is 6.07 Å². The first-order valence-corrected chi connectivity index (χ1v) is 3.14. The fraction of sp³-hybridized carbons (Fsp3) is 0. The molecular formula is C6H4N2O5Zn. The van der Waals surface area contributed by atoms with Gasteiger partial charge in [-0.1, -0.05) is 0 Å². The Bertz CT molecular complexity index is 380. The van der Waals surface area contributed by atoms with Crippen molar-refractivity contribution in [2.24, 2.45) is 0 Å². The third-order valence-corrected chi connectivity index (χ3v) is 1.37. The molecule has 0 aliphatic heterocycles. The van der Waals surface area contributed by atoms with Gasteiger partial charge in [-0.05, 0) is 6.07 Å². The first kappa shape index (κ1) is 12.4. The van der Waals surface area contributed by atoms with Crippen molar-refractivity contribution in [1.82, 2.24) is 0 Å². The molecule has 0 unspecified atom stereocenters. The smallest absolute Gasteiger partial charge is 0.317 e. The summed E-state index contributed by atoms with van der Waals surface area (Å²) in [5.74, 6) is -0.587. The Hall–Kier alpha value is -1.56. The average molecular weight is 249 g/mol. The summed E-state index contributed by atoms with van der Waals surface area (Å²) in [6.45, 7) is 0.